The molecule has 2 heterocycles. The Labute approximate surface area is 141 Å². The average Bonchev–Trinajstić information content (AvgIpc) is 2.77. The first kappa shape index (κ1) is 16.2. The number of carbonyl (C=O) groups excluding carboxylic acids is 1. The Balaban J connectivity index is 1.79. The van der Waals surface area contributed by atoms with Gasteiger partial charge in [0.05, 0.1) is 11.6 Å². The second-order valence-corrected chi connectivity index (χ2v) is 6.70. The van der Waals surface area contributed by atoms with Gasteiger partial charge in [0.2, 0.25) is 5.91 Å². The predicted octanol–water partition coefficient (Wildman–Crippen LogP) is 3.34. The molecule has 0 saturated carbocycles. The van der Waals surface area contributed by atoms with Crippen LogP contribution in [0.1, 0.15) is 43.0 Å². The number of halogens is 1. The summed E-state index contributed by atoms with van der Waals surface area (Å²) >= 11 is 0. The summed E-state index contributed by atoms with van der Waals surface area (Å²) in [6.45, 7) is 4.12. The third-order valence-corrected chi connectivity index (χ3v) is 4.56. The van der Waals surface area contributed by atoms with E-state index in [1.807, 2.05) is 19.2 Å². The van der Waals surface area contributed by atoms with Gasteiger partial charge in [-0.05, 0) is 50.6 Å². The molecule has 0 N–H and O–H groups in total. The SMILES string of the molecule is CN1C(=O)C(c2ccc(C#Cc3cccc(F)c3)cn2)CC1(C)C. The number of pyridine rings is 1. The van der Waals surface area contributed by atoms with Crippen LogP contribution in [0.25, 0.3) is 0 Å². The van der Waals surface area contributed by atoms with Gasteiger partial charge >= 0.3 is 0 Å². The zero-order valence-corrected chi connectivity index (χ0v) is 14.0. The number of benzene rings is 1. The number of likely N-dealkylation sites (tertiary alicyclic amines) is 1. The average molecular weight is 322 g/mol. The number of likely N-dealkylation sites (N-methyl/N-ethyl adjacent to an activating group) is 1. The number of hydrogen-bond donors (Lipinski definition) is 0. The molecule has 4 heteroatoms. The van der Waals surface area contributed by atoms with Gasteiger partial charge in [-0.1, -0.05) is 17.9 Å². The van der Waals surface area contributed by atoms with Gasteiger partial charge in [-0.3, -0.25) is 9.78 Å². The fraction of sp³-hybridized carbons (Fsp3) is 0.300. The van der Waals surface area contributed by atoms with Crippen molar-refractivity contribution >= 4 is 5.91 Å². The fourth-order valence-electron chi connectivity index (χ4n) is 2.88. The Morgan fingerprint density at radius 2 is 1.96 bits per heavy atom. The van der Waals surface area contributed by atoms with Gasteiger partial charge < -0.3 is 4.90 Å². The van der Waals surface area contributed by atoms with Crippen molar-refractivity contribution in [2.75, 3.05) is 7.05 Å². The maximum Gasteiger partial charge on any atom is 0.231 e. The summed E-state index contributed by atoms with van der Waals surface area (Å²) in [5.74, 6) is 5.48. The molecule has 1 unspecified atom stereocenters. The quantitative estimate of drug-likeness (QED) is 0.755. The van der Waals surface area contributed by atoms with Crippen LogP contribution >= 0.6 is 0 Å². The van der Waals surface area contributed by atoms with E-state index in [4.69, 9.17) is 0 Å². The van der Waals surface area contributed by atoms with Gasteiger partial charge in [-0.2, -0.15) is 0 Å². The molecule has 24 heavy (non-hydrogen) atoms. The molecule has 122 valence electrons. The third kappa shape index (κ3) is 3.16. The Bertz CT molecular complexity index is 831. The van der Waals surface area contributed by atoms with Gasteiger partial charge in [0.1, 0.15) is 5.82 Å². The Morgan fingerprint density at radius 3 is 2.54 bits per heavy atom. The number of hydrogen-bond acceptors (Lipinski definition) is 2. The van der Waals surface area contributed by atoms with Crippen molar-refractivity contribution in [1.82, 2.24) is 9.88 Å². The lowest BCUT2D eigenvalue weighted by atomic mass is 9.93. The molecule has 1 aliphatic heterocycles. The van der Waals surface area contributed by atoms with E-state index in [0.717, 1.165) is 17.7 Å². The van der Waals surface area contributed by atoms with Crippen molar-refractivity contribution in [3.8, 4) is 11.8 Å². The van der Waals surface area contributed by atoms with Crippen molar-refractivity contribution in [3.63, 3.8) is 0 Å². The standard InChI is InChI=1S/C20H19FN2O/c1-20(2)12-17(19(24)23(20)3)18-10-9-15(13-22-18)8-7-14-5-4-6-16(21)11-14/h4-6,9-11,13,17H,12H2,1-3H3. The highest BCUT2D eigenvalue weighted by Crippen LogP contribution is 2.37. The fourth-order valence-corrected chi connectivity index (χ4v) is 2.88. The van der Waals surface area contributed by atoms with Crippen LogP contribution < -0.4 is 0 Å². The first-order chi connectivity index (χ1) is 11.4. The Morgan fingerprint density at radius 1 is 1.21 bits per heavy atom. The van der Waals surface area contributed by atoms with Crippen molar-refractivity contribution in [1.29, 1.82) is 0 Å². The van der Waals surface area contributed by atoms with E-state index >= 15 is 0 Å². The first-order valence-electron chi connectivity index (χ1n) is 7.88. The highest BCUT2D eigenvalue weighted by molar-refractivity contribution is 5.86. The van der Waals surface area contributed by atoms with Gasteiger partial charge in [0, 0.05) is 29.9 Å². The van der Waals surface area contributed by atoms with E-state index in [1.165, 1.54) is 12.1 Å². The van der Waals surface area contributed by atoms with E-state index in [0.29, 0.717) is 5.56 Å². The van der Waals surface area contributed by atoms with Crippen molar-refractivity contribution < 1.29 is 9.18 Å². The molecule has 1 aliphatic rings. The number of nitrogens with zero attached hydrogens (tertiary/aromatic N) is 2. The molecule has 2 aromatic rings. The highest BCUT2D eigenvalue weighted by atomic mass is 19.1. The molecule has 3 nitrogen and oxygen atoms in total. The molecule has 0 aliphatic carbocycles. The lowest BCUT2D eigenvalue weighted by Gasteiger charge is -2.26. The summed E-state index contributed by atoms with van der Waals surface area (Å²) in [6, 6.07) is 9.88. The van der Waals surface area contributed by atoms with E-state index in [-0.39, 0.29) is 23.2 Å². The minimum absolute atomic E-state index is 0.103. The van der Waals surface area contributed by atoms with Gasteiger partial charge in [0.25, 0.3) is 0 Å². The lowest BCUT2D eigenvalue weighted by molar-refractivity contribution is -0.130. The predicted molar refractivity (Wildman–Crippen MR) is 90.8 cm³/mol. The molecule has 1 amide bonds. The van der Waals surface area contributed by atoms with Crippen LogP contribution in [0.4, 0.5) is 4.39 Å². The molecular formula is C20H19FN2O. The van der Waals surface area contributed by atoms with E-state index in [1.54, 1.807) is 23.2 Å². The van der Waals surface area contributed by atoms with Crippen LogP contribution in [0.5, 0.6) is 0 Å². The Hall–Kier alpha value is -2.67. The monoisotopic (exact) mass is 322 g/mol. The summed E-state index contributed by atoms with van der Waals surface area (Å²) in [7, 11) is 1.83. The second-order valence-electron chi connectivity index (χ2n) is 6.70. The van der Waals surface area contributed by atoms with E-state index in [9.17, 15) is 9.18 Å². The summed E-state index contributed by atoms with van der Waals surface area (Å²) < 4.78 is 13.1. The van der Waals surface area contributed by atoms with Crippen molar-refractivity contribution in [3.05, 3.63) is 65.2 Å². The van der Waals surface area contributed by atoms with E-state index in [2.05, 4.69) is 30.7 Å². The highest BCUT2D eigenvalue weighted by Gasteiger charge is 2.43. The third-order valence-electron chi connectivity index (χ3n) is 4.56. The summed E-state index contributed by atoms with van der Waals surface area (Å²) in [5.41, 5.74) is 1.97. The molecule has 0 bridgehead atoms. The van der Waals surface area contributed by atoms with E-state index < -0.39 is 0 Å². The maximum absolute atomic E-state index is 13.1. The molecule has 3 rings (SSSR count). The minimum Gasteiger partial charge on any atom is -0.340 e. The summed E-state index contributed by atoms with van der Waals surface area (Å²) in [5, 5.41) is 0. The molecule has 0 radical (unpaired) electrons. The molecule has 1 saturated heterocycles. The molecule has 1 aromatic heterocycles. The lowest BCUT2D eigenvalue weighted by Crippen LogP contribution is -2.37. The molecule has 1 atom stereocenters. The number of rotatable bonds is 1. The first-order valence-corrected chi connectivity index (χ1v) is 7.88. The summed E-state index contributed by atoms with van der Waals surface area (Å²) in [6.07, 6.45) is 2.42. The smallest absolute Gasteiger partial charge is 0.231 e. The number of carbonyl (C=O) groups is 1. The minimum atomic E-state index is -0.304. The maximum atomic E-state index is 13.1. The van der Waals surface area contributed by atoms with Crippen molar-refractivity contribution in [2.24, 2.45) is 0 Å². The van der Waals surface area contributed by atoms with Gasteiger partial charge in [-0.15, -0.1) is 0 Å². The van der Waals surface area contributed by atoms with Crippen LogP contribution in [-0.2, 0) is 4.79 Å². The largest absolute Gasteiger partial charge is 0.340 e. The normalized spacial score (nSPS) is 19.1. The molecule has 1 aromatic carbocycles. The van der Waals surface area contributed by atoms with Crippen LogP contribution in [-0.4, -0.2) is 28.4 Å². The Kier molecular flexibility index (Phi) is 4.11. The van der Waals surface area contributed by atoms with Crippen LogP contribution in [0.3, 0.4) is 0 Å². The van der Waals surface area contributed by atoms with Crippen LogP contribution in [0.15, 0.2) is 42.6 Å². The number of aromatic nitrogens is 1. The summed E-state index contributed by atoms with van der Waals surface area (Å²) in [4.78, 5) is 18.6. The topological polar surface area (TPSA) is 33.2 Å². The van der Waals surface area contributed by atoms with Gasteiger partial charge in [0.15, 0.2) is 0 Å². The second kappa shape index (κ2) is 6.09. The molecule has 0 spiro atoms. The van der Waals surface area contributed by atoms with Crippen molar-refractivity contribution in [2.45, 2.75) is 31.7 Å². The zero-order valence-electron chi connectivity index (χ0n) is 14.0. The molecule has 1 fully saturated rings. The zero-order chi connectivity index (χ0) is 17.3. The van der Waals surface area contributed by atoms with Crippen LogP contribution in [0, 0.1) is 17.7 Å². The number of amides is 1. The molecular weight excluding hydrogens is 303 g/mol. The van der Waals surface area contributed by atoms with Gasteiger partial charge in [-0.25, -0.2) is 4.39 Å². The van der Waals surface area contributed by atoms with Crippen LogP contribution in [0.2, 0.25) is 0 Å².